The van der Waals surface area contributed by atoms with Crippen LogP contribution in [0.3, 0.4) is 0 Å². The summed E-state index contributed by atoms with van der Waals surface area (Å²) in [6.07, 6.45) is 2.12. The third-order valence-electron chi connectivity index (χ3n) is 3.44. The molecular formula is C15H24N2O2. The number of benzene rings is 1. The first-order valence-electron chi connectivity index (χ1n) is 6.75. The number of carbonyl (C=O) groups excluding carboxylic acids is 1. The highest BCUT2D eigenvalue weighted by Gasteiger charge is 2.31. The van der Waals surface area contributed by atoms with Gasteiger partial charge >= 0.3 is 0 Å². The highest BCUT2D eigenvalue weighted by Crippen LogP contribution is 2.30. The topological polar surface area (TPSA) is 64.3 Å². The summed E-state index contributed by atoms with van der Waals surface area (Å²) in [7, 11) is 1.64. The molecule has 0 aliphatic rings. The molecule has 1 amide bonds. The van der Waals surface area contributed by atoms with Crippen LogP contribution in [0.1, 0.15) is 38.7 Å². The monoisotopic (exact) mass is 264 g/mol. The zero-order valence-electron chi connectivity index (χ0n) is 12.0. The van der Waals surface area contributed by atoms with Crippen LogP contribution in [0.15, 0.2) is 24.3 Å². The maximum absolute atomic E-state index is 11.4. The fourth-order valence-corrected chi connectivity index (χ4v) is 2.29. The van der Waals surface area contributed by atoms with E-state index in [1.807, 2.05) is 24.3 Å². The van der Waals surface area contributed by atoms with Crippen molar-refractivity contribution >= 4 is 5.91 Å². The van der Waals surface area contributed by atoms with Crippen LogP contribution >= 0.6 is 0 Å². The molecule has 1 aromatic rings. The van der Waals surface area contributed by atoms with Gasteiger partial charge < -0.3 is 15.8 Å². The van der Waals surface area contributed by atoms with Crippen LogP contribution < -0.4 is 15.8 Å². The van der Waals surface area contributed by atoms with Gasteiger partial charge in [-0.05, 0) is 37.1 Å². The van der Waals surface area contributed by atoms with E-state index in [-0.39, 0.29) is 11.4 Å². The van der Waals surface area contributed by atoms with Crippen LogP contribution in [0.2, 0.25) is 0 Å². The molecular weight excluding hydrogens is 240 g/mol. The first-order chi connectivity index (χ1) is 9.07. The fourth-order valence-electron chi connectivity index (χ4n) is 2.29. The number of nitrogens with two attached hydrogens (primary N) is 1. The Kier molecular flexibility index (Phi) is 5.83. The van der Waals surface area contributed by atoms with E-state index in [1.165, 1.54) is 0 Å². The van der Waals surface area contributed by atoms with Crippen LogP contribution in [0.25, 0.3) is 0 Å². The number of primary amides is 1. The molecule has 1 rings (SSSR count). The van der Waals surface area contributed by atoms with E-state index < -0.39 is 0 Å². The molecule has 0 heterocycles. The number of carbonyl (C=O) groups is 1. The summed E-state index contributed by atoms with van der Waals surface area (Å²) in [5.74, 6) is 0.518. The van der Waals surface area contributed by atoms with Crippen molar-refractivity contribution in [3.05, 3.63) is 29.8 Å². The van der Waals surface area contributed by atoms with Crippen LogP contribution in [-0.4, -0.2) is 19.6 Å². The average molecular weight is 264 g/mol. The van der Waals surface area contributed by atoms with E-state index >= 15 is 0 Å². The van der Waals surface area contributed by atoms with Gasteiger partial charge in [0.15, 0.2) is 0 Å². The second kappa shape index (κ2) is 7.14. The highest BCUT2D eigenvalue weighted by molar-refractivity contribution is 5.75. The molecule has 0 aliphatic heterocycles. The molecule has 1 atom stereocenters. The van der Waals surface area contributed by atoms with Crippen molar-refractivity contribution < 1.29 is 9.53 Å². The first kappa shape index (κ1) is 15.5. The SMILES string of the molecule is CCCNC(CC)(CC(N)=O)c1ccc(OC)cc1. The van der Waals surface area contributed by atoms with Gasteiger partial charge in [-0.1, -0.05) is 26.0 Å². The van der Waals surface area contributed by atoms with E-state index in [0.717, 1.165) is 30.7 Å². The van der Waals surface area contributed by atoms with Crippen molar-refractivity contribution in [3.63, 3.8) is 0 Å². The maximum Gasteiger partial charge on any atom is 0.219 e. The molecule has 1 unspecified atom stereocenters. The number of amides is 1. The van der Waals surface area contributed by atoms with Crippen molar-refractivity contribution in [1.82, 2.24) is 5.32 Å². The minimum Gasteiger partial charge on any atom is -0.497 e. The van der Waals surface area contributed by atoms with Gasteiger partial charge in [-0.15, -0.1) is 0 Å². The molecule has 0 saturated carbocycles. The Balaban J connectivity index is 3.07. The number of rotatable bonds is 8. The molecule has 0 spiro atoms. The average Bonchev–Trinajstić information content (AvgIpc) is 2.43. The largest absolute Gasteiger partial charge is 0.497 e. The number of ether oxygens (including phenoxy) is 1. The van der Waals surface area contributed by atoms with Crippen LogP contribution in [0.4, 0.5) is 0 Å². The van der Waals surface area contributed by atoms with Gasteiger partial charge in [-0.3, -0.25) is 4.79 Å². The second-order valence-corrected chi connectivity index (χ2v) is 4.73. The Bertz CT molecular complexity index is 403. The van der Waals surface area contributed by atoms with Gasteiger partial charge in [0, 0.05) is 6.42 Å². The van der Waals surface area contributed by atoms with Gasteiger partial charge in [0.1, 0.15) is 5.75 Å². The molecule has 4 nitrogen and oxygen atoms in total. The highest BCUT2D eigenvalue weighted by atomic mass is 16.5. The van der Waals surface area contributed by atoms with Gasteiger partial charge in [0.2, 0.25) is 5.91 Å². The Hall–Kier alpha value is -1.55. The molecule has 0 aromatic heterocycles. The number of hydrogen-bond acceptors (Lipinski definition) is 3. The summed E-state index contributed by atoms with van der Waals surface area (Å²) in [5, 5.41) is 3.48. The normalized spacial score (nSPS) is 13.8. The lowest BCUT2D eigenvalue weighted by Gasteiger charge is -2.34. The summed E-state index contributed by atoms with van der Waals surface area (Å²) in [6.45, 7) is 5.02. The zero-order valence-corrected chi connectivity index (χ0v) is 12.0. The van der Waals surface area contributed by atoms with E-state index in [0.29, 0.717) is 6.42 Å². The van der Waals surface area contributed by atoms with E-state index in [9.17, 15) is 4.79 Å². The standard InChI is InChI=1S/C15H24N2O2/c1-4-10-17-15(5-2,11-14(16)18)12-6-8-13(19-3)9-7-12/h6-9,17H,4-5,10-11H2,1-3H3,(H2,16,18). The smallest absolute Gasteiger partial charge is 0.219 e. The molecule has 3 N–H and O–H groups in total. The maximum atomic E-state index is 11.4. The third-order valence-corrected chi connectivity index (χ3v) is 3.44. The first-order valence-corrected chi connectivity index (χ1v) is 6.75. The summed E-state index contributed by atoms with van der Waals surface area (Å²) in [4.78, 5) is 11.4. The molecule has 106 valence electrons. The predicted molar refractivity (Wildman–Crippen MR) is 77.1 cm³/mol. The lowest BCUT2D eigenvalue weighted by Crippen LogP contribution is -2.45. The Morgan fingerprint density at radius 3 is 2.37 bits per heavy atom. The van der Waals surface area contributed by atoms with Gasteiger partial charge in [0.05, 0.1) is 12.6 Å². The van der Waals surface area contributed by atoms with Crippen molar-refractivity contribution in [3.8, 4) is 5.75 Å². The molecule has 0 aliphatic carbocycles. The number of hydrogen-bond donors (Lipinski definition) is 2. The molecule has 4 heteroatoms. The van der Waals surface area contributed by atoms with E-state index in [2.05, 4.69) is 19.2 Å². The van der Waals surface area contributed by atoms with Crippen LogP contribution in [0.5, 0.6) is 5.75 Å². The minimum absolute atomic E-state index is 0.290. The summed E-state index contributed by atoms with van der Waals surface area (Å²) >= 11 is 0. The van der Waals surface area contributed by atoms with E-state index in [1.54, 1.807) is 7.11 Å². The summed E-state index contributed by atoms with van der Waals surface area (Å²) in [6, 6.07) is 7.81. The second-order valence-electron chi connectivity index (χ2n) is 4.73. The Morgan fingerprint density at radius 1 is 1.32 bits per heavy atom. The lowest BCUT2D eigenvalue weighted by molar-refractivity contribution is -0.119. The molecule has 0 bridgehead atoms. The van der Waals surface area contributed by atoms with E-state index in [4.69, 9.17) is 10.5 Å². The van der Waals surface area contributed by atoms with Gasteiger partial charge in [-0.2, -0.15) is 0 Å². The number of methoxy groups -OCH3 is 1. The van der Waals surface area contributed by atoms with Crippen LogP contribution in [0, 0.1) is 0 Å². The molecule has 0 saturated heterocycles. The summed E-state index contributed by atoms with van der Waals surface area (Å²) in [5.41, 5.74) is 6.11. The lowest BCUT2D eigenvalue weighted by atomic mass is 9.83. The minimum atomic E-state index is -0.381. The van der Waals surface area contributed by atoms with Crippen molar-refractivity contribution in [2.75, 3.05) is 13.7 Å². The zero-order chi connectivity index (χ0) is 14.3. The van der Waals surface area contributed by atoms with Gasteiger partial charge in [-0.25, -0.2) is 0 Å². The fraction of sp³-hybridized carbons (Fsp3) is 0.533. The Labute approximate surface area is 115 Å². The third kappa shape index (κ3) is 3.96. The van der Waals surface area contributed by atoms with Crippen molar-refractivity contribution in [2.24, 2.45) is 5.73 Å². The van der Waals surface area contributed by atoms with Crippen molar-refractivity contribution in [1.29, 1.82) is 0 Å². The van der Waals surface area contributed by atoms with Crippen LogP contribution in [-0.2, 0) is 10.3 Å². The molecule has 0 fully saturated rings. The number of nitrogens with one attached hydrogen (secondary N) is 1. The Morgan fingerprint density at radius 2 is 1.95 bits per heavy atom. The molecule has 0 radical (unpaired) electrons. The quantitative estimate of drug-likeness (QED) is 0.756. The molecule has 19 heavy (non-hydrogen) atoms. The molecule has 1 aromatic carbocycles. The predicted octanol–water partition coefficient (Wildman–Crippen LogP) is 2.18. The van der Waals surface area contributed by atoms with Gasteiger partial charge in [0.25, 0.3) is 0 Å². The summed E-state index contributed by atoms with van der Waals surface area (Å²) < 4.78 is 5.17. The van der Waals surface area contributed by atoms with Crippen molar-refractivity contribution in [2.45, 2.75) is 38.6 Å².